The van der Waals surface area contributed by atoms with Crippen molar-refractivity contribution in [3.05, 3.63) is 30.5 Å². The number of phenols is 1. The molecule has 0 amide bonds. The van der Waals surface area contributed by atoms with Gasteiger partial charge in [-0.05, 0) is 12.1 Å². The molecule has 0 aliphatic heterocycles. The number of phenolic OH excluding ortho intramolecular Hbond substituents is 1. The average molecular weight is 238 g/mol. The molecule has 0 atom stereocenters. The van der Waals surface area contributed by atoms with E-state index in [0.717, 1.165) is 6.26 Å². The largest absolute Gasteiger partial charge is 0.508 e. The maximum absolute atomic E-state index is 11.1. The SMILES string of the molecule is CS(=O)(=O)Nc1cc(O)cc2cccnc12. The third-order valence-electron chi connectivity index (χ3n) is 1.98. The Morgan fingerprint density at radius 3 is 2.81 bits per heavy atom. The summed E-state index contributed by atoms with van der Waals surface area (Å²) in [6.07, 6.45) is 2.61. The first-order valence-electron chi connectivity index (χ1n) is 4.51. The van der Waals surface area contributed by atoms with Crippen molar-refractivity contribution in [1.82, 2.24) is 4.98 Å². The molecule has 2 rings (SSSR count). The van der Waals surface area contributed by atoms with Crippen LogP contribution in [0, 0.1) is 0 Å². The van der Waals surface area contributed by atoms with Crippen molar-refractivity contribution in [2.24, 2.45) is 0 Å². The normalized spacial score (nSPS) is 11.6. The molecule has 0 bridgehead atoms. The van der Waals surface area contributed by atoms with Crippen LogP contribution in [0.25, 0.3) is 10.9 Å². The Labute approximate surface area is 92.8 Å². The number of nitrogens with zero attached hydrogens (tertiary/aromatic N) is 1. The number of pyridine rings is 1. The van der Waals surface area contributed by atoms with Gasteiger partial charge in [0.25, 0.3) is 0 Å². The van der Waals surface area contributed by atoms with Gasteiger partial charge in [0.15, 0.2) is 0 Å². The van der Waals surface area contributed by atoms with E-state index in [1.54, 1.807) is 18.3 Å². The van der Waals surface area contributed by atoms with Gasteiger partial charge in [0.2, 0.25) is 10.0 Å². The van der Waals surface area contributed by atoms with Crippen LogP contribution in [0.1, 0.15) is 0 Å². The summed E-state index contributed by atoms with van der Waals surface area (Å²) in [7, 11) is -3.39. The van der Waals surface area contributed by atoms with Crippen LogP contribution < -0.4 is 4.72 Å². The molecule has 0 radical (unpaired) electrons. The van der Waals surface area contributed by atoms with E-state index in [1.807, 2.05) is 0 Å². The van der Waals surface area contributed by atoms with E-state index >= 15 is 0 Å². The number of sulfonamides is 1. The number of anilines is 1. The van der Waals surface area contributed by atoms with Gasteiger partial charge in [-0.15, -0.1) is 0 Å². The molecule has 0 aliphatic carbocycles. The average Bonchev–Trinajstić information content (AvgIpc) is 2.14. The zero-order valence-corrected chi connectivity index (χ0v) is 9.32. The highest BCUT2D eigenvalue weighted by molar-refractivity contribution is 7.92. The van der Waals surface area contributed by atoms with Crippen molar-refractivity contribution in [3.63, 3.8) is 0 Å². The highest BCUT2D eigenvalue weighted by atomic mass is 32.2. The highest BCUT2D eigenvalue weighted by Crippen LogP contribution is 2.27. The van der Waals surface area contributed by atoms with Crippen molar-refractivity contribution in [3.8, 4) is 5.75 Å². The molecule has 2 N–H and O–H groups in total. The molecular weight excluding hydrogens is 228 g/mol. The molecule has 6 heteroatoms. The molecule has 0 aliphatic rings. The van der Waals surface area contributed by atoms with E-state index in [4.69, 9.17) is 0 Å². The van der Waals surface area contributed by atoms with Crippen molar-refractivity contribution in [2.45, 2.75) is 0 Å². The number of fused-ring (bicyclic) bond motifs is 1. The molecule has 0 spiro atoms. The smallest absolute Gasteiger partial charge is 0.229 e. The second-order valence-corrected chi connectivity index (χ2v) is 5.19. The second kappa shape index (κ2) is 3.64. The molecule has 1 aromatic heterocycles. The minimum atomic E-state index is -3.39. The predicted molar refractivity (Wildman–Crippen MR) is 61.9 cm³/mol. The van der Waals surface area contributed by atoms with Crippen LogP contribution in [0.4, 0.5) is 5.69 Å². The fourth-order valence-electron chi connectivity index (χ4n) is 1.45. The molecule has 84 valence electrons. The summed E-state index contributed by atoms with van der Waals surface area (Å²) in [5.41, 5.74) is 0.781. The van der Waals surface area contributed by atoms with Crippen LogP contribution in [0.3, 0.4) is 0 Å². The van der Waals surface area contributed by atoms with E-state index in [1.165, 1.54) is 12.1 Å². The number of benzene rings is 1. The van der Waals surface area contributed by atoms with Crippen LogP contribution in [0.15, 0.2) is 30.5 Å². The third-order valence-corrected chi connectivity index (χ3v) is 2.58. The summed E-state index contributed by atoms with van der Waals surface area (Å²) >= 11 is 0. The lowest BCUT2D eigenvalue weighted by Gasteiger charge is -2.07. The van der Waals surface area contributed by atoms with Gasteiger partial charge in [-0.1, -0.05) is 6.07 Å². The summed E-state index contributed by atoms with van der Waals surface area (Å²) in [6, 6.07) is 6.31. The van der Waals surface area contributed by atoms with Gasteiger partial charge < -0.3 is 5.11 Å². The molecule has 0 fully saturated rings. The summed E-state index contributed by atoms with van der Waals surface area (Å²) in [6.45, 7) is 0. The maximum Gasteiger partial charge on any atom is 0.229 e. The minimum absolute atomic E-state index is 0.00773. The Kier molecular flexibility index (Phi) is 2.43. The van der Waals surface area contributed by atoms with E-state index in [-0.39, 0.29) is 11.4 Å². The first kappa shape index (κ1) is 10.7. The van der Waals surface area contributed by atoms with Crippen molar-refractivity contribution in [1.29, 1.82) is 0 Å². The zero-order valence-electron chi connectivity index (χ0n) is 8.51. The van der Waals surface area contributed by atoms with E-state index < -0.39 is 10.0 Å². The lowest BCUT2D eigenvalue weighted by molar-refractivity contribution is 0.476. The van der Waals surface area contributed by atoms with Gasteiger partial charge in [0, 0.05) is 17.6 Å². The number of aromatic hydroxyl groups is 1. The highest BCUT2D eigenvalue weighted by Gasteiger charge is 2.08. The third kappa shape index (κ3) is 2.22. The minimum Gasteiger partial charge on any atom is -0.508 e. The Bertz CT molecular complexity index is 638. The molecular formula is C10H10N2O3S. The fraction of sp³-hybridized carbons (Fsp3) is 0.100. The van der Waals surface area contributed by atoms with E-state index in [9.17, 15) is 13.5 Å². The van der Waals surface area contributed by atoms with Crippen LogP contribution in [-0.2, 0) is 10.0 Å². The lowest BCUT2D eigenvalue weighted by atomic mass is 10.2. The van der Waals surface area contributed by atoms with Gasteiger partial charge >= 0.3 is 0 Å². The molecule has 0 unspecified atom stereocenters. The number of hydrogen-bond donors (Lipinski definition) is 2. The van der Waals surface area contributed by atoms with Crippen molar-refractivity contribution < 1.29 is 13.5 Å². The summed E-state index contributed by atoms with van der Waals surface area (Å²) < 4.78 is 24.6. The Balaban J connectivity index is 2.68. The number of aromatic nitrogens is 1. The summed E-state index contributed by atoms with van der Waals surface area (Å²) in [5.74, 6) is -0.00773. The Morgan fingerprint density at radius 1 is 1.38 bits per heavy atom. The Morgan fingerprint density at radius 2 is 2.12 bits per heavy atom. The van der Waals surface area contributed by atoms with E-state index in [0.29, 0.717) is 10.9 Å². The fourth-order valence-corrected chi connectivity index (χ4v) is 2.01. The first-order valence-corrected chi connectivity index (χ1v) is 6.40. The van der Waals surface area contributed by atoms with Crippen LogP contribution in [-0.4, -0.2) is 24.8 Å². The summed E-state index contributed by atoms with van der Waals surface area (Å²) in [5, 5.41) is 10.1. The number of nitrogens with one attached hydrogen (secondary N) is 1. The second-order valence-electron chi connectivity index (χ2n) is 3.44. The van der Waals surface area contributed by atoms with Gasteiger partial charge in [-0.25, -0.2) is 8.42 Å². The zero-order chi connectivity index (χ0) is 11.8. The molecule has 16 heavy (non-hydrogen) atoms. The van der Waals surface area contributed by atoms with Crippen molar-refractivity contribution >= 4 is 26.6 Å². The van der Waals surface area contributed by atoms with E-state index in [2.05, 4.69) is 9.71 Å². The molecule has 0 saturated heterocycles. The van der Waals surface area contributed by atoms with Gasteiger partial charge in [-0.3, -0.25) is 9.71 Å². The summed E-state index contributed by atoms with van der Waals surface area (Å²) in [4.78, 5) is 4.07. The van der Waals surface area contributed by atoms with Crippen LogP contribution >= 0.6 is 0 Å². The van der Waals surface area contributed by atoms with Crippen molar-refractivity contribution in [2.75, 3.05) is 11.0 Å². The lowest BCUT2D eigenvalue weighted by Crippen LogP contribution is -2.10. The van der Waals surface area contributed by atoms with Crippen LogP contribution in [0.2, 0.25) is 0 Å². The van der Waals surface area contributed by atoms with Gasteiger partial charge in [0.05, 0.1) is 17.5 Å². The van der Waals surface area contributed by atoms with Gasteiger partial charge in [-0.2, -0.15) is 0 Å². The standard InChI is InChI=1S/C10H10N2O3S/c1-16(14,15)12-9-6-8(13)5-7-3-2-4-11-10(7)9/h2-6,12-13H,1H3. The quantitative estimate of drug-likeness (QED) is 0.826. The molecule has 5 nitrogen and oxygen atoms in total. The molecule has 1 heterocycles. The topological polar surface area (TPSA) is 79.3 Å². The molecule has 2 aromatic rings. The maximum atomic E-state index is 11.1. The van der Waals surface area contributed by atoms with Crippen LogP contribution in [0.5, 0.6) is 5.75 Å². The first-order chi connectivity index (χ1) is 7.46. The monoisotopic (exact) mass is 238 g/mol. The Hall–Kier alpha value is -1.82. The molecule has 1 aromatic carbocycles. The van der Waals surface area contributed by atoms with Gasteiger partial charge in [0.1, 0.15) is 5.75 Å². The number of rotatable bonds is 2. The molecule has 0 saturated carbocycles. The predicted octanol–water partition coefficient (Wildman–Crippen LogP) is 1.31. The number of hydrogen-bond acceptors (Lipinski definition) is 4.